The number of halogens is 1. The Balaban J connectivity index is 1.46. The van der Waals surface area contributed by atoms with Crippen LogP contribution >= 0.6 is 11.6 Å². The van der Waals surface area contributed by atoms with Crippen LogP contribution in [0.2, 0.25) is 5.02 Å². The molecule has 6 rings (SSSR count). The summed E-state index contributed by atoms with van der Waals surface area (Å²) in [5, 5.41) is 13.1. The van der Waals surface area contributed by atoms with Crippen molar-refractivity contribution in [2.24, 2.45) is 0 Å². The predicted octanol–water partition coefficient (Wildman–Crippen LogP) is 4.86. The Morgan fingerprint density at radius 3 is 2.67 bits per heavy atom. The van der Waals surface area contributed by atoms with E-state index in [4.69, 9.17) is 16.6 Å². The zero-order chi connectivity index (χ0) is 20.1. The molecular formula is C23H15ClN6. The molecule has 6 aromatic rings. The first kappa shape index (κ1) is 17.1. The van der Waals surface area contributed by atoms with Gasteiger partial charge in [0.25, 0.3) is 0 Å². The third-order valence-electron chi connectivity index (χ3n) is 5.23. The molecule has 3 aromatic carbocycles. The van der Waals surface area contributed by atoms with Crippen LogP contribution in [0.25, 0.3) is 33.1 Å². The summed E-state index contributed by atoms with van der Waals surface area (Å²) in [6.07, 6.45) is 4.10. The SMILES string of the molecule is Clc1cccc(-n2ncc3c2ncn2nc(Cc4cccc5ccccc45)nc32)c1. The number of nitrogens with zero attached hydrogens (tertiary/aromatic N) is 6. The summed E-state index contributed by atoms with van der Waals surface area (Å²) in [6, 6.07) is 22.2. The van der Waals surface area contributed by atoms with Crippen LogP contribution in [0.4, 0.5) is 0 Å². The summed E-state index contributed by atoms with van der Waals surface area (Å²) in [5.74, 6) is 0.746. The molecule has 0 aliphatic rings. The molecule has 0 atom stereocenters. The Labute approximate surface area is 176 Å². The lowest BCUT2D eigenvalue weighted by atomic mass is 10.0. The maximum atomic E-state index is 6.14. The highest BCUT2D eigenvalue weighted by molar-refractivity contribution is 6.30. The molecule has 0 aliphatic heterocycles. The second-order valence-electron chi connectivity index (χ2n) is 7.13. The van der Waals surface area contributed by atoms with E-state index in [1.807, 2.05) is 24.3 Å². The fraction of sp³-hybridized carbons (Fsp3) is 0.0435. The summed E-state index contributed by atoms with van der Waals surface area (Å²) in [7, 11) is 0. The highest BCUT2D eigenvalue weighted by Crippen LogP contribution is 2.23. The molecule has 0 unspecified atom stereocenters. The average molecular weight is 411 g/mol. The van der Waals surface area contributed by atoms with E-state index in [0.29, 0.717) is 17.1 Å². The number of fused-ring (bicyclic) bond motifs is 4. The third-order valence-corrected chi connectivity index (χ3v) is 5.47. The number of hydrogen-bond donors (Lipinski definition) is 0. The van der Waals surface area contributed by atoms with Gasteiger partial charge in [-0.2, -0.15) is 5.10 Å². The molecule has 0 bridgehead atoms. The summed E-state index contributed by atoms with van der Waals surface area (Å²) in [5.41, 5.74) is 3.50. The second-order valence-corrected chi connectivity index (χ2v) is 7.57. The Hall–Kier alpha value is -3.77. The molecule has 0 saturated carbocycles. The standard InChI is InChI=1S/C23H15ClN6/c24-17-8-4-9-18(12-17)30-22-20(13-26-30)23-27-21(28-29(23)14-25-22)11-16-7-3-6-15-5-1-2-10-19(15)16/h1-10,12-14H,11H2. The van der Waals surface area contributed by atoms with E-state index in [1.54, 1.807) is 21.7 Å². The van der Waals surface area contributed by atoms with Crippen LogP contribution < -0.4 is 0 Å². The molecule has 0 amide bonds. The van der Waals surface area contributed by atoms with Crippen molar-refractivity contribution in [1.82, 2.24) is 29.4 Å². The first-order valence-corrected chi connectivity index (χ1v) is 9.95. The van der Waals surface area contributed by atoms with Crippen LogP contribution in [0, 0.1) is 0 Å². The Morgan fingerprint density at radius 1 is 0.867 bits per heavy atom. The van der Waals surface area contributed by atoms with Gasteiger partial charge in [0, 0.05) is 11.4 Å². The highest BCUT2D eigenvalue weighted by atomic mass is 35.5. The van der Waals surface area contributed by atoms with Gasteiger partial charge in [-0.3, -0.25) is 0 Å². The molecular weight excluding hydrogens is 396 g/mol. The summed E-state index contributed by atoms with van der Waals surface area (Å²) >= 11 is 6.14. The molecule has 0 saturated heterocycles. The largest absolute Gasteiger partial charge is 0.216 e. The van der Waals surface area contributed by atoms with Crippen molar-refractivity contribution in [3.05, 3.63) is 95.7 Å². The van der Waals surface area contributed by atoms with Gasteiger partial charge < -0.3 is 0 Å². The van der Waals surface area contributed by atoms with Crippen LogP contribution in [0.3, 0.4) is 0 Å². The quantitative estimate of drug-likeness (QED) is 0.418. The van der Waals surface area contributed by atoms with Gasteiger partial charge >= 0.3 is 0 Å². The smallest absolute Gasteiger partial charge is 0.170 e. The number of rotatable bonds is 3. The minimum absolute atomic E-state index is 0.646. The lowest BCUT2D eigenvalue weighted by Gasteiger charge is -2.03. The van der Waals surface area contributed by atoms with Crippen LogP contribution in [-0.4, -0.2) is 29.4 Å². The molecule has 30 heavy (non-hydrogen) atoms. The van der Waals surface area contributed by atoms with Crippen molar-refractivity contribution in [3.63, 3.8) is 0 Å². The van der Waals surface area contributed by atoms with Gasteiger partial charge in [0.1, 0.15) is 6.33 Å². The van der Waals surface area contributed by atoms with E-state index in [0.717, 1.165) is 22.5 Å². The monoisotopic (exact) mass is 410 g/mol. The first-order valence-electron chi connectivity index (χ1n) is 9.57. The molecule has 144 valence electrons. The van der Waals surface area contributed by atoms with Gasteiger partial charge in [0.05, 0.1) is 17.3 Å². The summed E-state index contributed by atoms with van der Waals surface area (Å²) < 4.78 is 3.48. The van der Waals surface area contributed by atoms with Crippen molar-refractivity contribution in [1.29, 1.82) is 0 Å². The minimum Gasteiger partial charge on any atom is -0.216 e. The molecule has 0 radical (unpaired) electrons. The molecule has 7 heteroatoms. The molecule has 6 nitrogen and oxygen atoms in total. The van der Waals surface area contributed by atoms with Gasteiger partial charge in [0.2, 0.25) is 0 Å². The maximum Gasteiger partial charge on any atom is 0.170 e. The van der Waals surface area contributed by atoms with Crippen molar-refractivity contribution in [2.45, 2.75) is 6.42 Å². The van der Waals surface area contributed by atoms with E-state index in [1.165, 1.54) is 16.3 Å². The Morgan fingerprint density at radius 2 is 1.73 bits per heavy atom. The van der Waals surface area contributed by atoms with Crippen molar-refractivity contribution in [2.75, 3.05) is 0 Å². The highest BCUT2D eigenvalue weighted by Gasteiger charge is 2.14. The Bertz CT molecular complexity index is 1540. The number of benzene rings is 3. The van der Waals surface area contributed by atoms with Crippen molar-refractivity contribution in [3.8, 4) is 5.69 Å². The lowest BCUT2D eigenvalue weighted by Crippen LogP contribution is -1.99. The second kappa shape index (κ2) is 6.64. The number of hydrogen-bond acceptors (Lipinski definition) is 4. The van der Waals surface area contributed by atoms with Crippen molar-refractivity contribution < 1.29 is 0 Å². The molecule has 0 fully saturated rings. The van der Waals surface area contributed by atoms with E-state index in [9.17, 15) is 0 Å². The van der Waals surface area contributed by atoms with Crippen LogP contribution in [0.5, 0.6) is 0 Å². The van der Waals surface area contributed by atoms with Gasteiger partial charge in [-0.25, -0.2) is 19.2 Å². The van der Waals surface area contributed by atoms with Gasteiger partial charge in [-0.15, -0.1) is 5.10 Å². The zero-order valence-corrected chi connectivity index (χ0v) is 16.5. The lowest BCUT2D eigenvalue weighted by molar-refractivity contribution is 0.866. The molecule has 3 aromatic heterocycles. The zero-order valence-electron chi connectivity index (χ0n) is 15.8. The van der Waals surface area contributed by atoms with E-state index in [-0.39, 0.29) is 0 Å². The van der Waals surface area contributed by atoms with E-state index in [2.05, 4.69) is 57.6 Å². The topological polar surface area (TPSA) is 60.9 Å². The fourth-order valence-corrected chi connectivity index (χ4v) is 4.04. The molecule has 3 heterocycles. The predicted molar refractivity (Wildman–Crippen MR) is 117 cm³/mol. The normalized spacial score (nSPS) is 11.6. The van der Waals surface area contributed by atoms with E-state index >= 15 is 0 Å². The van der Waals surface area contributed by atoms with Crippen LogP contribution in [-0.2, 0) is 6.42 Å². The van der Waals surface area contributed by atoms with Gasteiger partial charge in [-0.1, -0.05) is 60.1 Å². The summed E-state index contributed by atoms with van der Waals surface area (Å²) in [4.78, 5) is 9.36. The average Bonchev–Trinajstić information content (AvgIpc) is 3.37. The number of aromatic nitrogens is 6. The third kappa shape index (κ3) is 2.73. The van der Waals surface area contributed by atoms with Crippen LogP contribution in [0.15, 0.2) is 79.3 Å². The fourth-order valence-electron chi connectivity index (χ4n) is 3.85. The van der Waals surface area contributed by atoms with Gasteiger partial charge in [0.15, 0.2) is 17.1 Å². The molecule has 0 spiro atoms. The molecule has 0 aliphatic carbocycles. The first-order chi connectivity index (χ1) is 14.8. The summed E-state index contributed by atoms with van der Waals surface area (Å²) in [6.45, 7) is 0. The minimum atomic E-state index is 0.646. The van der Waals surface area contributed by atoms with Crippen LogP contribution in [0.1, 0.15) is 11.4 Å². The Kier molecular flexibility index (Phi) is 3.79. The van der Waals surface area contributed by atoms with E-state index < -0.39 is 0 Å². The van der Waals surface area contributed by atoms with Gasteiger partial charge in [-0.05, 0) is 34.5 Å². The molecule has 0 N–H and O–H groups in total. The van der Waals surface area contributed by atoms with Crippen molar-refractivity contribution >= 4 is 39.1 Å². The maximum absolute atomic E-state index is 6.14.